The number of quaternary nitrogens is 1. The highest BCUT2D eigenvalue weighted by Gasteiger charge is 2.26. The predicted octanol–water partition coefficient (Wildman–Crippen LogP) is 0.212. The molecule has 2 aliphatic rings. The molecule has 3 rings (SSSR count). The Morgan fingerprint density at radius 2 is 2.12 bits per heavy atom. The maximum atomic E-state index is 12.1. The topological polar surface area (TPSA) is 50.9 Å². The van der Waals surface area contributed by atoms with Crippen LogP contribution in [0.15, 0.2) is 36.0 Å². The highest BCUT2D eigenvalue weighted by Crippen LogP contribution is 2.19. The van der Waals surface area contributed by atoms with Crippen LogP contribution in [0.5, 0.6) is 0 Å². The molecule has 1 aromatic rings. The molecule has 5 nitrogen and oxygen atoms in total. The summed E-state index contributed by atoms with van der Waals surface area (Å²) in [5.74, 6) is 1.36. The van der Waals surface area contributed by atoms with Gasteiger partial charge >= 0.3 is 0 Å². The van der Waals surface area contributed by atoms with E-state index in [9.17, 15) is 4.79 Å². The van der Waals surface area contributed by atoms with Crippen LogP contribution in [-0.2, 0) is 4.79 Å². The van der Waals surface area contributed by atoms with Crippen molar-refractivity contribution < 1.29 is 14.7 Å². The molecule has 1 aliphatic heterocycles. The van der Waals surface area contributed by atoms with Crippen molar-refractivity contribution in [2.24, 2.45) is 0 Å². The number of amides is 1. The summed E-state index contributed by atoms with van der Waals surface area (Å²) in [6.07, 6.45) is 10.4. The lowest BCUT2D eigenvalue weighted by Crippen LogP contribution is -3.16. The highest BCUT2D eigenvalue weighted by molar-refractivity contribution is 5.76. The molecule has 1 saturated heterocycles. The molecule has 0 aromatic carbocycles. The summed E-state index contributed by atoms with van der Waals surface area (Å²) in [4.78, 5) is 19.2. The van der Waals surface area contributed by atoms with Crippen molar-refractivity contribution in [2.75, 3.05) is 44.2 Å². The maximum absolute atomic E-state index is 12.1. The molecule has 24 heavy (non-hydrogen) atoms. The van der Waals surface area contributed by atoms with E-state index in [-0.39, 0.29) is 5.91 Å². The molecular formula is C19H30N4O+2. The van der Waals surface area contributed by atoms with Crippen LogP contribution in [0.2, 0.25) is 0 Å². The van der Waals surface area contributed by atoms with Crippen molar-refractivity contribution in [2.45, 2.75) is 32.1 Å². The lowest BCUT2D eigenvalue weighted by atomic mass is 9.97. The molecule has 3 N–H and O–H groups in total. The zero-order valence-electron chi connectivity index (χ0n) is 14.5. The second-order valence-corrected chi connectivity index (χ2v) is 6.87. The fourth-order valence-corrected chi connectivity index (χ4v) is 3.60. The van der Waals surface area contributed by atoms with Crippen LogP contribution in [0, 0.1) is 0 Å². The fraction of sp³-hybridized carbons (Fsp3) is 0.579. The van der Waals surface area contributed by atoms with Crippen molar-refractivity contribution >= 4 is 11.7 Å². The van der Waals surface area contributed by atoms with E-state index in [1.807, 2.05) is 12.3 Å². The minimum absolute atomic E-state index is 0.195. The van der Waals surface area contributed by atoms with Crippen LogP contribution in [0.3, 0.4) is 0 Å². The van der Waals surface area contributed by atoms with Crippen LogP contribution < -0.4 is 20.1 Å². The Hall–Kier alpha value is -1.88. The third kappa shape index (κ3) is 5.06. The molecule has 1 fully saturated rings. The number of aromatic amines is 1. The number of aromatic nitrogens is 1. The van der Waals surface area contributed by atoms with Gasteiger partial charge < -0.3 is 10.2 Å². The number of H-pyrrole nitrogens is 1. The van der Waals surface area contributed by atoms with Gasteiger partial charge in [0.15, 0.2) is 6.54 Å². The average molecular weight is 330 g/mol. The summed E-state index contributed by atoms with van der Waals surface area (Å²) in [6.45, 7) is 5.42. The summed E-state index contributed by atoms with van der Waals surface area (Å²) >= 11 is 0. The predicted molar refractivity (Wildman–Crippen MR) is 95.0 cm³/mol. The zero-order chi connectivity index (χ0) is 16.6. The van der Waals surface area contributed by atoms with Crippen LogP contribution in [0.4, 0.5) is 5.82 Å². The molecule has 0 saturated carbocycles. The first kappa shape index (κ1) is 17.0. The zero-order valence-corrected chi connectivity index (χ0v) is 14.5. The summed E-state index contributed by atoms with van der Waals surface area (Å²) < 4.78 is 0. The van der Waals surface area contributed by atoms with Crippen LogP contribution in [-0.4, -0.2) is 45.2 Å². The number of hydrogen-bond acceptors (Lipinski definition) is 2. The second kappa shape index (κ2) is 8.83. The number of pyridine rings is 1. The van der Waals surface area contributed by atoms with Crippen molar-refractivity contribution in [1.82, 2.24) is 5.32 Å². The number of carbonyl (C=O) groups excluding carboxylic acids is 1. The normalized spacial score (nSPS) is 19.0. The van der Waals surface area contributed by atoms with Crippen LogP contribution in [0.25, 0.3) is 0 Å². The SMILES string of the molecule is O=C(C[NH+]1CCN(c2cccc[nH+]2)CC1)NCCC1=CCCCC1. The molecule has 1 aromatic heterocycles. The number of anilines is 1. The number of nitrogens with one attached hydrogen (secondary N) is 3. The fourth-order valence-electron chi connectivity index (χ4n) is 3.60. The molecule has 5 heteroatoms. The minimum atomic E-state index is 0.195. The molecule has 0 spiro atoms. The van der Waals surface area contributed by atoms with Gasteiger partial charge in [-0.25, -0.2) is 4.98 Å². The number of rotatable bonds is 6. The lowest BCUT2D eigenvalue weighted by Gasteiger charge is -2.27. The molecule has 130 valence electrons. The Balaban J connectivity index is 1.33. The lowest BCUT2D eigenvalue weighted by molar-refractivity contribution is -0.892. The number of piperazine rings is 1. The quantitative estimate of drug-likeness (QED) is 0.733. The Morgan fingerprint density at radius 3 is 2.83 bits per heavy atom. The molecule has 0 radical (unpaired) electrons. The highest BCUT2D eigenvalue weighted by atomic mass is 16.2. The van der Waals surface area contributed by atoms with Crippen molar-refractivity contribution in [3.8, 4) is 0 Å². The number of carbonyl (C=O) groups is 1. The van der Waals surface area contributed by atoms with E-state index < -0.39 is 0 Å². The van der Waals surface area contributed by atoms with E-state index in [4.69, 9.17) is 0 Å². The van der Waals surface area contributed by atoms with E-state index in [1.54, 1.807) is 0 Å². The van der Waals surface area contributed by atoms with Crippen LogP contribution in [0.1, 0.15) is 32.1 Å². The summed E-state index contributed by atoms with van der Waals surface area (Å²) in [5, 5.41) is 3.10. The Morgan fingerprint density at radius 1 is 1.25 bits per heavy atom. The molecule has 1 aliphatic carbocycles. The number of allylic oxidation sites excluding steroid dienone is 1. The first-order valence-electron chi connectivity index (χ1n) is 9.31. The van der Waals surface area contributed by atoms with E-state index in [1.165, 1.54) is 42.0 Å². The molecule has 1 amide bonds. The maximum Gasteiger partial charge on any atom is 0.275 e. The summed E-state index contributed by atoms with van der Waals surface area (Å²) in [5.41, 5.74) is 1.53. The average Bonchev–Trinajstić information content (AvgIpc) is 2.64. The van der Waals surface area contributed by atoms with Crippen molar-refractivity contribution in [1.29, 1.82) is 0 Å². The van der Waals surface area contributed by atoms with Crippen molar-refractivity contribution in [3.63, 3.8) is 0 Å². The third-order valence-corrected chi connectivity index (χ3v) is 5.07. The Labute approximate surface area is 144 Å². The van der Waals surface area contributed by atoms with Gasteiger partial charge in [0.2, 0.25) is 0 Å². The first-order valence-corrected chi connectivity index (χ1v) is 9.31. The summed E-state index contributed by atoms with van der Waals surface area (Å²) in [7, 11) is 0. The van der Waals surface area contributed by atoms with E-state index in [0.717, 1.165) is 39.1 Å². The smallest absolute Gasteiger partial charge is 0.275 e. The van der Waals surface area contributed by atoms with Gasteiger partial charge in [-0.2, -0.15) is 0 Å². The first-order chi connectivity index (χ1) is 11.8. The van der Waals surface area contributed by atoms with Gasteiger partial charge in [-0.15, -0.1) is 0 Å². The monoisotopic (exact) mass is 330 g/mol. The Bertz CT molecular complexity index is 550. The van der Waals surface area contributed by atoms with E-state index >= 15 is 0 Å². The Kier molecular flexibility index (Phi) is 6.24. The molecule has 0 bridgehead atoms. The van der Waals surface area contributed by atoms with Gasteiger partial charge in [0.05, 0.1) is 6.20 Å². The standard InChI is InChI=1S/C19H28N4O/c24-19(21-11-9-17-6-2-1-3-7-17)16-22-12-14-23(15-13-22)18-8-4-5-10-20-18/h4-6,8,10H,1-3,7,9,11-16H2,(H,21,24)/p+2. The van der Waals surface area contributed by atoms with E-state index in [2.05, 4.69) is 33.4 Å². The molecule has 0 unspecified atom stereocenters. The molecule has 2 heterocycles. The van der Waals surface area contributed by atoms with Gasteiger partial charge in [-0.05, 0) is 38.2 Å². The van der Waals surface area contributed by atoms with Crippen LogP contribution >= 0.6 is 0 Å². The van der Waals surface area contributed by atoms with Gasteiger partial charge in [-0.3, -0.25) is 9.69 Å². The van der Waals surface area contributed by atoms with E-state index in [0.29, 0.717) is 6.54 Å². The van der Waals surface area contributed by atoms with Gasteiger partial charge in [0, 0.05) is 12.6 Å². The largest absolute Gasteiger partial charge is 0.351 e. The van der Waals surface area contributed by atoms with Gasteiger partial charge in [0.25, 0.3) is 11.7 Å². The third-order valence-electron chi connectivity index (χ3n) is 5.07. The summed E-state index contributed by atoms with van der Waals surface area (Å²) in [6, 6.07) is 6.16. The van der Waals surface area contributed by atoms with Gasteiger partial charge in [-0.1, -0.05) is 17.7 Å². The second-order valence-electron chi connectivity index (χ2n) is 6.87. The number of hydrogen-bond donors (Lipinski definition) is 2. The van der Waals surface area contributed by atoms with Gasteiger partial charge in [0.1, 0.15) is 26.2 Å². The number of nitrogens with zero attached hydrogens (tertiary/aromatic N) is 1. The molecule has 0 atom stereocenters. The van der Waals surface area contributed by atoms with Crippen molar-refractivity contribution in [3.05, 3.63) is 36.0 Å². The minimum Gasteiger partial charge on any atom is -0.351 e. The molecular weight excluding hydrogens is 300 g/mol.